The molecule has 0 atom stereocenters. The second-order valence-corrected chi connectivity index (χ2v) is 4.22. The molecule has 0 aliphatic rings. The minimum atomic E-state index is -0.463. The smallest absolute Gasteiger partial charge is 0.295 e. The Balaban J connectivity index is 2.24. The lowest BCUT2D eigenvalue weighted by molar-refractivity contribution is -0.383. The molecule has 1 heterocycles. The van der Waals surface area contributed by atoms with E-state index in [-0.39, 0.29) is 11.5 Å². The maximum absolute atomic E-state index is 10.9. The Morgan fingerprint density at radius 1 is 1.45 bits per heavy atom. The molecule has 0 amide bonds. The van der Waals surface area contributed by atoms with Crippen molar-refractivity contribution in [3.05, 3.63) is 40.6 Å². The number of aromatic nitrogens is 1. The van der Waals surface area contributed by atoms with Crippen molar-refractivity contribution in [1.29, 1.82) is 5.41 Å². The van der Waals surface area contributed by atoms with Gasteiger partial charge in [0.25, 0.3) is 5.69 Å². The molecule has 7 heteroatoms. The van der Waals surface area contributed by atoms with Gasteiger partial charge >= 0.3 is 0 Å². The number of pyridine rings is 1. The average Bonchev–Trinajstić information content (AvgIpc) is 2.43. The Morgan fingerprint density at radius 2 is 2.25 bits per heavy atom. The zero-order chi connectivity index (χ0) is 14.5. The molecule has 20 heavy (non-hydrogen) atoms. The van der Waals surface area contributed by atoms with Gasteiger partial charge in [-0.1, -0.05) is 0 Å². The van der Waals surface area contributed by atoms with Crippen molar-refractivity contribution in [3.8, 4) is 5.75 Å². The molecule has 0 spiro atoms. The van der Waals surface area contributed by atoms with Crippen molar-refractivity contribution < 1.29 is 9.66 Å². The number of hydrogen-bond donors (Lipinski definition) is 2. The van der Waals surface area contributed by atoms with Crippen molar-refractivity contribution in [2.45, 2.75) is 12.8 Å². The lowest BCUT2D eigenvalue weighted by Gasteiger charge is -2.08. The highest BCUT2D eigenvalue weighted by Crippen LogP contribution is 2.31. The van der Waals surface area contributed by atoms with Gasteiger partial charge in [0.1, 0.15) is 5.75 Å². The van der Waals surface area contributed by atoms with E-state index >= 15 is 0 Å². The Kier molecular flexibility index (Phi) is 4.09. The molecule has 0 bridgehead atoms. The van der Waals surface area contributed by atoms with Crippen LogP contribution in [0.5, 0.6) is 5.75 Å². The van der Waals surface area contributed by atoms with Gasteiger partial charge in [-0.25, -0.2) is 4.98 Å². The fourth-order valence-electron chi connectivity index (χ4n) is 1.85. The monoisotopic (exact) mass is 274 g/mol. The molecular weight excluding hydrogens is 260 g/mol. The molecule has 0 fully saturated rings. The number of ether oxygens (including phenoxy) is 1. The maximum Gasteiger partial charge on any atom is 0.295 e. The van der Waals surface area contributed by atoms with Crippen molar-refractivity contribution in [3.63, 3.8) is 0 Å². The van der Waals surface area contributed by atoms with E-state index in [1.807, 2.05) is 0 Å². The molecule has 0 unspecified atom stereocenters. The number of rotatable bonds is 6. The molecule has 1 aromatic heterocycles. The third kappa shape index (κ3) is 3.00. The summed E-state index contributed by atoms with van der Waals surface area (Å²) in [7, 11) is 0. The number of non-ortho nitro benzene ring substituents is 1. The van der Waals surface area contributed by atoms with E-state index in [1.165, 1.54) is 12.3 Å². The van der Waals surface area contributed by atoms with E-state index in [0.717, 1.165) is 0 Å². The lowest BCUT2D eigenvalue weighted by atomic mass is 10.1. The summed E-state index contributed by atoms with van der Waals surface area (Å²) in [5.74, 6) is 0.658. The second-order valence-electron chi connectivity index (χ2n) is 4.22. The fourth-order valence-corrected chi connectivity index (χ4v) is 1.85. The molecule has 7 nitrogen and oxygen atoms in total. The summed E-state index contributed by atoms with van der Waals surface area (Å²) in [6.45, 7) is 0.390. The van der Waals surface area contributed by atoms with Crippen LogP contribution >= 0.6 is 0 Å². The summed E-state index contributed by atoms with van der Waals surface area (Å²) in [6.07, 6.45) is 2.59. The van der Waals surface area contributed by atoms with Crippen molar-refractivity contribution in [2.24, 2.45) is 5.73 Å². The van der Waals surface area contributed by atoms with E-state index in [2.05, 4.69) is 4.98 Å². The summed E-state index contributed by atoms with van der Waals surface area (Å²) in [5.41, 5.74) is 5.52. The van der Waals surface area contributed by atoms with E-state index in [0.29, 0.717) is 36.1 Å². The number of amidine groups is 1. The van der Waals surface area contributed by atoms with Gasteiger partial charge in [-0.2, -0.15) is 0 Å². The Labute approximate surface area is 115 Å². The van der Waals surface area contributed by atoms with E-state index in [1.54, 1.807) is 18.2 Å². The highest BCUT2D eigenvalue weighted by Gasteiger charge is 2.15. The number of nitro benzene ring substituents is 1. The molecule has 0 aliphatic carbocycles. The first-order valence-corrected chi connectivity index (χ1v) is 6.07. The number of hydrogen-bond acceptors (Lipinski definition) is 5. The number of nitro groups is 1. The quantitative estimate of drug-likeness (QED) is 0.275. The molecule has 3 N–H and O–H groups in total. The van der Waals surface area contributed by atoms with Crippen LogP contribution in [-0.4, -0.2) is 22.3 Å². The van der Waals surface area contributed by atoms with E-state index in [4.69, 9.17) is 15.9 Å². The van der Waals surface area contributed by atoms with Crippen LogP contribution < -0.4 is 10.5 Å². The van der Waals surface area contributed by atoms with Gasteiger partial charge in [-0.15, -0.1) is 0 Å². The van der Waals surface area contributed by atoms with Gasteiger partial charge < -0.3 is 10.5 Å². The van der Waals surface area contributed by atoms with Crippen LogP contribution in [0.1, 0.15) is 12.8 Å². The van der Waals surface area contributed by atoms with Gasteiger partial charge in [0, 0.05) is 24.1 Å². The van der Waals surface area contributed by atoms with E-state index in [9.17, 15) is 10.1 Å². The van der Waals surface area contributed by atoms with Crippen LogP contribution in [0, 0.1) is 15.5 Å². The predicted octanol–water partition coefficient (Wildman–Crippen LogP) is 2.24. The second kappa shape index (κ2) is 5.96. The van der Waals surface area contributed by atoms with Crippen LogP contribution in [0.3, 0.4) is 0 Å². The summed E-state index contributed by atoms with van der Waals surface area (Å²) in [6, 6.07) is 6.38. The molecule has 2 aromatic rings. The minimum absolute atomic E-state index is 0.0447. The number of nitrogens with two attached hydrogens (primary N) is 1. The van der Waals surface area contributed by atoms with Gasteiger partial charge in [0.2, 0.25) is 0 Å². The third-order valence-electron chi connectivity index (χ3n) is 2.75. The topological polar surface area (TPSA) is 115 Å². The van der Waals surface area contributed by atoms with Crippen molar-refractivity contribution in [1.82, 2.24) is 4.98 Å². The largest absolute Gasteiger partial charge is 0.493 e. The summed E-state index contributed by atoms with van der Waals surface area (Å²) >= 11 is 0. The average molecular weight is 274 g/mol. The zero-order valence-electron chi connectivity index (χ0n) is 10.7. The number of benzene rings is 1. The first-order chi connectivity index (χ1) is 9.59. The van der Waals surface area contributed by atoms with Crippen LogP contribution in [0.4, 0.5) is 5.69 Å². The van der Waals surface area contributed by atoms with Crippen molar-refractivity contribution >= 4 is 22.4 Å². The molecule has 1 aromatic carbocycles. The SMILES string of the molecule is N=C(N)CCCOc1ccc([N+](=O)[O-])c2ncccc12. The van der Waals surface area contributed by atoms with Gasteiger partial charge in [-0.3, -0.25) is 15.5 Å². The normalized spacial score (nSPS) is 10.4. The molecule has 0 aliphatic heterocycles. The molecule has 2 rings (SSSR count). The van der Waals surface area contributed by atoms with Gasteiger partial charge in [0.05, 0.1) is 17.4 Å². The number of nitrogens with zero attached hydrogens (tertiary/aromatic N) is 2. The Hall–Kier alpha value is -2.70. The molecule has 0 saturated carbocycles. The minimum Gasteiger partial charge on any atom is -0.493 e. The summed E-state index contributed by atoms with van der Waals surface area (Å²) in [5, 5.41) is 18.7. The van der Waals surface area contributed by atoms with Crippen LogP contribution in [-0.2, 0) is 0 Å². The summed E-state index contributed by atoms with van der Waals surface area (Å²) in [4.78, 5) is 14.5. The van der Waals surface area contributed by atoms with Gasteiger partial charge in [-0.05, 0) is 24.6 Å². The standard InChI is InChI=1S/C13H14N4O3/c14-12(15)4-2-8-20-11-6-5-10(17(18)19)13-9(11)3-1-7-16-13/h1,3,5-7H,2,4,8H2,(H3,14,15). The van der Waals surface area contributed by atoms with Crippen LogP contribution in [0.25, 0.3) is 10.9 Å². The highest BCUT2D eigenvalue weighted by atomic mass is 16.6. The third-order valence-corrected chi connectivity index (χ3v) is 2.75. The highest BCUT2D eigenvalue weighted by molar-refractivity contribution is 5.91. The molecule has 0 radical (unpaired) electrons. The number of nitrogens with one attached hydrogen (secondary N) is 1. The summed E-state index contributed by atoms with van der Waals surface area (Å²) < 4.78 is 5.59. The maximum atomic E-state index is 10.9. The Morgan fingerprint density at radius 3 is 2.95 bits per heavy atom. The zero-order valence-corrected chi connectivity index (χ0v) is 10.7. The van der Waals surface area contributed by atoms with Crippen molar-refractivity contribution in [2.75, 3.05) is 6.61 Å². The molecule has 104 valence electrons. The van der Waals surface area contributed by atoms with Crippen LogP contribution in [0.15, 0.2) is 30.5 Å². The van der Waals surface area contributed by atoms with Gasteiger partial charge in [0.15, 0.2) is 5.52 Å². The molecular formula is C13H14N4O3. The Bertz CT molecular complexity index is 657. The molecule has 0 saturated heterocycles. The van der Waals surface area contributed by atoms with Crippen LogP contribution in [0.2, 0.25) is 0 Å². The first-order valence-electron chi connectivity index (χ1n) is 6.07. The predicted molar refractivity (Wildman–Crippen MR) is 75.0 cm³/mol. The lowest BCUT2D eigenvalue weighted by Crippen LogP contribution is -2.11. The fraction of sp³-hybridized carbons (Fsp3) is 0.231. The van der Waals surface area contributed by atoms with E-state index < -0.39 is 4.92 Å². The number of fused-ring (bicyclic) bond motifs is 1. The first kappa shape index (κ1) is 13.7.